The van der Waals surface area contributed by atoms with Crippen LogP contribution in [0.5, 0.6) is 5.75 Å². The van der Waals surface area contributed by atoms with Crippen molar-refractivity contribution in [3.05, 3.63) is 47.7 Å². The Bertz CT molecular complexity index is 768. The summed E-state index contributed by atoms with van der Waals surface area (Å²) >= 11 is 0. The minimum absolute atomic E-state index is 0. The van der Waals surface area contributed by atoms with Crippen LogP contribution in [0.4, 0.5) is 0 Å². The predicted molar refractivity (Wildman–Crippen MR) is 128 cm³/mol. The van der Waals surface area contributed by atoms with E-state index in [2.05, 4.69) is 52.3 Å². The SMILES string of the molecule is CN=C(NCc1cccc(OCCN(C)C)c1)NCc1ncc(C(C)(C)C)o1.I. The molecule has 29 heavy (non-hydrogen) atoms. The molecular weight excluding hydrogens is 481 g/mol. The predicted octanol–water partition coefficient (Wildman–Crippen LogP) is 3.40. The number of rotatable bonds is 8. The summed E-state index contributed by atoms with van der Waals surface area (Å²) in [6.45, 7) is 8.97. The lowest BCUT2D eigenvalue weighted by atomic mass is 9.94. The number of aromatic nitrogens is 1. The van der Waals surface area contributed by atoms with Crippen molar-refractivity contribution in [2.75, 3.05) is 34.3 Å². The Balaban J connectivity index is 0.00000420. The molecule has 0 aliphatic rings. The number of aliphatic imine (C=N–C) groups is 1. The summed E-state index contributed by atoms with van der Waals surface area (Å²) in [6, 6.07) is 8.07. The second-order valence-corrected chi connectivity index (χ2v) is 7.95. The van der Waals surface area contributed by atoms with E-state index in [4.69, 9.17) is 9.15 Å². The molecule has 0 spiro atoms. The Morgan fingerprint density at radius 3 is 2.55 bits per heavy atom. The maximum Gasteiger partial charge on any atom is 0.213 e. The number of guanidine groups is 1. The van der Waals surface area contributed by atoms with Crippen molar-refractivity contribution in [2.45, 2.75) is 39.3 Å². The van der Waals surface area contributed by atoms with E-state index in [1.54, 1.807) is 13.2 Å². The molecule has 0 aliphatic carbocycles. The van der Waals surface area contributed by atoms with Crippen LogP contribution >= 0.6 is 24.0 Å². The molecule has 1 aromatic heterocycles. The molecule has 2 aromatic rings. The number of oxazole rings is 1. The lowest BCUT2D eigenvalue weighted by Crippen LogP contribution is -2.36. The maximum absolute atomic E-state index is 5.80. The van der Waals surface area contributed by atoms with Crippen molar-refractivity contribution in [1.29, 1.82) is 0 Å². The van der Waals surface area contributed by atoms with E-state index in [1.807, 2.05) is 32.3 Å². The smallest absolute Gasteiger partial charge is 0.213 e. The summed E-state index contributed by atoms with van der Waals surface area (Å²) in [5.41, 5.74) is 1.07. The molecule has 7 nitrogen and oxygen atoms in total. The van der Waals surface area contributed by atoms with Crippen LogP contribution in [0.25, 0.3) is 0 Å². The average Bonchev–Trinajstić information content (AvgIpc) is 3.11. The molecule has 0 aliphatic heterocycles. The first kappa shape index (κ1) is 25.2. The highest BCUT2D eigenvalue weighted by atomic mass is 127. The number of likely N-dealkylation sites (N-methyl/N-ethyl adjacent to an activating group) is 1. The van der Waals surface area contributed by atoms with Gasteiger partial charge in [-0.25, -0.2) is 4.98 Å². The van der Waals surface area contributed by atoms with Crippen molar-refractivity contribution >= 4 is 29.9 Å². The van der Waals surface area contributed by atoms with Crippen LogP contribution in [0.15, 0.2) is 39.9 Å². The van der Waals surface area contributed by atoms with Gasteiger partial charge in [0.15, 0.2) is 5.96 Å². The van der Waals surface area contributed by atoms with E-state index in [0.717, 1.165) is 23.6 Å². The molecule has 8 heteroatoms. The summed E-state index contributed by atoms with van der Waals surface area (Å²) < 4.78 is 11.6. The topological polar surface area (TPSA) is 74.9 Å². The second kappa shape index (κ2) is 12.0. The normalized spacial score (nSPS) is 11.9. The van der Waals surface area contributed by atoms with E-state index in [9.17, 15) is 0 Å². The molecule has 1 aromatic carbocycles. The first-order valence-corrected chi connectivity index (χ1v) is 9.54. The third-order valence-corrected chi connectivity index (χ3v) is 4.09. The summed E-state index contributed by atoms with van der Waals surface area (Å²) in [5.74, 6) is 3.08. The first-order chi connectivity index (χ1) is 13.3. The van der Waals surface area contributed by atoms with Crippen molar-refractivity contribution in [2.24, 2.45) is 4.99 Å². The molecule has 162 valence electrons. The lowest BCUT2D eigenvalue weighted by Gasteiger charge is -2.14. The zero-order chi connectivity index (χ0) is 20.6. The van der Waals surface area contributed by atoms with Gasteiger partial charge < -0.3 is 24.7 Å². The Morgan fingerprint density at radius 2 is 1.93 bits per heavy atom. The minimum atomic E-state index is -0.0508. The van der Waals surface area contributed by atoms with Crippen molar-refractivity contribution < 1.29 is 9.15 Å². The molecule has 0 atom stereocenters. The fourth-order valence-corrected chi connectivity index (χ4v) is 2.40. The Labute approximate surface area is 191 Å². The maximum atomic E-state index is 5.80. The summed E-state index contributed by atoms with van der Waals surface area (Å²) in [5, 5.41) is 6.53. The number of nitrogens with zero attached hydrogens (tertiary/aromatic N) is 3. The van der Waals surface area contributed by atoms with Gasteiger partial charge in [0.05, 0.1) is 12.7 Å². The molecular formula is C21H34IN5O2. The van der Waals surface area contributed by atoms with Gasteiger partial charge in [-0.05, 0) is 31.8 Å². The van der Waals surface area contributed by atoms with Gasteiger partial charge in [-0.2, -0.15) is 0 Å². The molecule has 1 heterocycles. The van der Waals surface area contributed by atoms with Gasteiger partial charge in [-0.15, -0.1) is 24.0 Å². The molecule has 0 unspecified atom stereocenters. The van der Waals surface area contributed by atoms with E-state index in [0.29, 0.717) is 31.5 Å². The van der Waals surface area contributed by atoms with Gasteiger partial charge in [0.1, 0.15) is 18.1 Å². The third-order valence-electron chi connectivity index (χ3n) is 4.09. The number of hydrogen-bond donors (Lipinski definition) is 2. The highest BCUT2D eigenvalue weighted by Crippen LogP contribution is 2.22. The first-order valence-electron chi connectivity index (χ1n) is 9.54. The highest BCUT2D eigenvalue weighted by molar-refractivity contribution is 14.0. The Morgan fingerprint density at radius 1 is 1.21 bits per heavy atom. The fraction of sp³-hybridized carbons (Fsp3) is 0.524. The van der Waals surface area contributed by atoms with Crippen LogP contribution in [0.1, 0.15) is 38.0 Å². The zero-order valence-corrected chi connectivity index (χ0v) is 20.6. The molecule has 0 amide bonds. The number of hydrogen-bond acceptors (Lipinski definition) is 5. The number of ether oxygens (including phenoxy) is 1. The van der Waals surface area contributed by atoms with Crippen LogP contribution in [0.2, 0.25) is 0 Å². The Kier molecular flexibility index (Phi) is 10.5. The van der Waals surface area contributed by atoms with E-state index < -0.39 is 0 Å². The molecule has 0 fully saturated rings. The number of halogens is 1. The largest absolute Gasteiger partial charge is 0.492 e. The van der Waals surface area contributed by atoms with E-state index in [-0.39, 0.29) is 29.4 Å². The van der Waals surface area contributed by atoms with E-state index in [1.165, 1.54) is 0 Å². The van der Waals surface area contributed by atoms with Crippen LogP contribution in [-0.2, 0) is 18.5 Å². The van der Waals surface area contributed by atoms with Gasteiger partial charge in [-0.1, -0.05) is 32.9 Å². The third kappa shape index (κ3) is 9.03. The van der Waals surface area contributed by atoms with Crippen LogP contribution in [0.3, 0.4) is 0 Å². The monoisotopic (exact) mass is 515 g/mol. The standard InChI is InChI=1S/C21H33N5O2.HI/c1-21(2,3)18-14-23-19(28-18)15-25-20(22-4)24-13-16-8-7-9-17(12-16)27-11-10-26(5)6;/h7-9,12,14H,10-11,13,15H2,1-6H3,(H2,22,24,25);1H. The minimum Gasteiger partial charge on any atom is -0.492 e. The van der Waals surface area contributed by atoms with Crippen LogP contribution in [0, 0.1) is 0 Å². The summed E-state index contributed by atoms with van der Waals surface area (Å²) in [6.07, 6.45) is 1.79. The molecule has 0 radical (unpaired) electrons. The van der Waals surface area contributed by atoms with Crippen molar-refractivity contribution in [1.82, 2.24) is 20.5 Å². The Hall–Kier alpha value is -1.81. The molecule has 0 saturated carbocycles. The zero-order valence-electron chi connectivity index (χ0n) is 18.3. The molecule has 0 bridgehead atoms. The lowest BCUT2D eigenvalue weighted by molar-refractivity contribution is 0.261. The fourth-order valence-electron chi connectivity index (χ4n) is 2.40. The molecule has 0 saturated heterocycles. The average molecular weight is 515 g/mol. The van der Waals surface area contributed by atoms with Gasteiger partial charge in [0, 0.05) is 25.6 Å². The van der Waals surface area contributed by atoms with Crippen LogP contribution < -0.4 is 15.4 Å². The highest BCUT2D eigenvalue weighted by Gasteiger charge is 2.19. The van der Waals surface area contributed by atoms with Crippen molar-refractivity contribution in [3.8, 4) is 5.75 Å². The van der Waals surface area contributed by atoms with Gasteiger partial charge in [-0.3, -0.25) is 4.99 Å². The second-order valence-electron chi connectivity index (χ2n) is 7.95. The van der Waals surface area contributed by atoms with Crippen molar-refractivity contribution in [3.63, 3.8) is 0 Å². The summed E-state index contributed by atoms with van der Waals surface area (Å²) in [7, 11) is 5.81. The summed E-state index contributed by atoms with van der Waals surface area (Å²) in [4.78, 5) is 10.7. The molecule has 2 rings (SSSR count). The quantitative estimate of drug-likeness (QED) is 0.319. The molecule has 2 N–H and O–H groups in total. The van der Waals surface area contributed by atoms with E-state index >= 15 is 0 Å². The number of nitrogens with one attached hydrogen (secondary N) is 2. The van der Waals surface area contributed by atoms with Crippen LogP contribution in [-0.4, -0.2) is 50.1 Å². The van der Waals surface area contributed by atoms with Gasteiger partial charge >= 0.3 is 0 Å². The van der Waals surface area contributed by atoms with Gasteiger partial charge in [0.2, 0.25) is 5.89 Å². The number of benzene rings is 1. The van der Waals surface area contributed by atoms with Gasteiger partial charge in [0.25, 0.3) is 0 Å².